The molecule has 0 aliphatic heterocycles. The largest absolute Gasteiger partial charge is 0.423 e. The van der Waals surface area contributed by atoms with Gasteiger partial charge in [-0.05, 0) is 6.07 Å². The van der Waals surface area contributed by atoms with Gasteiger partial charge in [-0.3, -0.25) is 10.1 Å². The molecule has 0 aliphatic rings. The van der Waals surface area contributed by atoms with Crippen LogP contribution in [0.1, 0.15) is 6.42 Å². The van der Waals surface area contributed by atoms with Gasteiger partial charge in [0.2, 0.25) is 0 Å². The molecule has 0 saturated carbocycles. The SMILES string of the molecule is C#CCCNc1nc2c([N+](=O)[O-])cccc2o1. The molecule has 6 heteroatoms. The molecular formula is C11H9N3O3. The Labute approximate surface area is 96.8 Å². The van der Waals surface area contributed by atoms with Crippen LogP contribution in [0.15, 0.2) is 22.6 Å². The number of fused-ring (bicyclic) bond motifs is 1. The monoisotopic (exact) mass is 231 g/mol. The van der Waals surface area contributed by atoms with Gasteiger partial charge in [0.15, 0.2) is 11.1 Å². The predicted octanol–water partition coefficient (Wildman–Crippen LogP) is 2.17. The van der Waals surface area contributed by atoms with E-state index in [1.807, 2.05) is 0 Å². The topological polar surface area (TPSA) is 81.2 Å². The highest BCUT2D eigenvalue weighted by Gasteiger charge is 2.16. The molecule has 0 spiro atoms. The number of benzene rings is 1. The summed E-state index contributed by atoms with van der Waals surface area (Å²) >= 11 is 0. The molecule has 0 amide bonds. The number of nitrogens with zero attached hydrogens (tertiary/aromatic N) is 2. The fraction of sp³-hybridized carbons (Fsp3) is 0.182. The van der Waals surface area contributed by atoms with E-state index in [1.165, 1.54) is 6.07 Å². The summed E-state index contributed by atoms with van der Waals surface area (Å²) in [7, 11) is 0. The van der Waals surface area contributed by atoms with E-state index in [2.05, 4.69) is 16.2 Å². The van der Waals surface area contributed by atoms with Crippen LogP contribution in [0.5, 0.6) is 0 Å². The van der Waals surface area contributed by atoms with Crippen molar-refractivity contribution in [3.05, 3.63) is 28.3 Å². The Morgan fingerprint density at radius 2 is 2.41 bits per heavy atom. The summed E-state index contributed by atoms with van der Waals surface area (Å²) in [5.41, 5.74) is 0.541. The van der Waals surface area contributed by atoms with Crippen molar-refractivity contribution in [1.29, 1.82) is 0 Å². The molecule has 0 unspecified atom stereocenters. The molecule has 17 heavy (non-hydrogen) atoms. The lowest BCUT2D eigenvalue weighted by Gasteiger charge is -1.94. The van der Waals surface area contributed by atoms with Gasteiger partial charge >= 0.3 is 0 Å². The molecule has 0 atom stereocenters. The number of hydrogen-bond acceptors (Lipinski definition) is 5. The van der Waals surface area contributed by atoms with E-state index < -0.39 is 4.92 Å². The van der Waals surface area contributed by atoms with Gasteiger partial charge in [-0.1, -0.05) is 6.07 Å². The number of rotatable bonds is 4. The van der Waals surface area contributed by atoms with E-state index in [1.54, 1.807) is 12.1 Å². The highest BCUT2D eigenvalue weighted by molar-refractivity contribution is 5.83. The predicted molar refractivity (Wildman–Crippen MR) is 62.6 cm³/mol. The van der Waals surface area contributed by atoms with Crippen molar-refractivity contribution in [2.45, 2.75) is 6.42 Å². The summed E-state index contributed by atoms with van der Waals surface area (Å²) in [4.78, 5) is 14.3. The molecule has 2 rings (SSSR count). The molecule has 1 aromatic carbocycles. The quantitative estimate of drug-likeness (QED) is 0.377. The Balaban J connectivity index is 2.34. The van der Waals surface area contributed by atoms with Crippen LogP contribution in [0.4, 0.5) is 11.7 Å². The zero-order chi connectivity index (χ0) is 12.3. The fourth-order valence-corrected chi connectivity index (χ4v) is 1.40. The highest BCUT2D eigenvalue weighted by atomic mass is 16.6. The Morgan fingerprint density at radius 1 is 1.59 bits per heavy atom. The minimum atomic E-state index is -0.490. The van der Waals surface area contributed by atoms with Crippen LogP contribution >= 0.6 is 0 Å². The Bertz CT molecular complexity index is 598. The molecule has 0 saturated heterocycles. The lowest BCUT2D eigenvalue weighted by Crippen LogP contribution is -1.99. The number of nitro benzene ring substituents is 1. The molecule has 0 aliphatic carbocycles. The van der Waals surface area contributed by atoms with Gasteiger partial charge in [0.1, 0.15) is 0 Å². The summed E-state index contributed by atoms with van der Waals surface area (Å²) in [6.45, 7) is 0.511. The van der Waals surface area contributed by atoms with E-state index in [9.17, 15) is 10.1 Å². The molecule has 1 N–H and O–H groups in total. The Kier molecular flexibility index (Phi) is 2.92. The second kappa shape index (κ2) is 4.53. The molecule has 0 bridgehead atoms. The van der Waals surface area contributed by atoms with Gasteiger partial charge in [-0.25, -0.2) is 0 Å². The molecule has 2 aromatic rings. The zero-order valence-corrected chi connectivity index (χ0v) is 8.84. The van der Waals surface area contributed by atoms with Gasteiger partial charge < -0.3 is 9.73 Å². The van der Waals surface area contributed by atoms with Crippen molar-refractivity contribution in [3.8, 4) is 12.3 Å². The average Bonchev–Trinajstić information content (AvgIpc) is 2.71. The van der Waals surface area contributed by atoms with Crippen LogP contribution in [0.2, 0.25) is 0 Å². The van der Waals surface area contributed by atoms with E-state index in [0.717, 1.165) is 0 Å². The number of oxazole rings is 1. The summed E-state index contributed by atoms with van der Waals surface area (Å²) in [5, 5.41) is 13.6. The maximum absolute atomic E-state index is 10.8. The van der Waals surface area contributed by atoms with Crippen LogP contribution in [0.25, 0.3) is 11.1 Å². The molecule has 86 valence electrons. The van der Waals surface area contributed by atoms with Crippen LogP contribution in [-0.4, -0.2) is 16.5 Å². The Morgan fingerprint density at radius 3 is 3.12 bits per heavy atom. The second-order valence-electron chi connectivity index (χ2n) is 3.28. The van der Waals surface area contributed by atoms with E-state index >= 15 is 0 Å². The van der Waals surface area contributed by atoms with Gasteiger partial charge in [-0.15, -0.1) is 12.3 Å². The summed E-state index contributed by atoms with van der Waals surface area (Å²) in [6.07, 6.45) is 5.63. The molecule has 1 aromatic heterocycles. The third kappa shape index (κ3) is 2.18. The first-order valence-electron chi connectivity index (χ1n) is 4.93. The van der Waals surface area contributed by atoms with E-state index in [-0.39, 0.29) is 17.2 Å². The number of aromatic nitrogens is 1. The maximum Gasteiger partial charge on any atom is 0.298 e. The van der Waals surface area contributed by atoms with Crippen LogP contribution in [0.3, 0.4) is 0 Å². The van der Waals surface area contributed by atoms with E-state index in [0.29, 0.717) is 18.5 Å². The number of terminal acetylenes is 1. The normalized spacial score (nSPS) is 10.1. The first-order valence-corrected chi connectivity index (χ1v) is 4.93. The molecule has 0 radical (unpaired) electrons. The van der Waals surface area contributed by atoms with Gasteiger partial charge in [0.25, 0.3) is 11.7 Å². The number of non-ortho nitro benzene ring substituents is 1. The molecule has 6 nitrogen and oxygen atoms in total. The maximum atomic E-state index is 10.8. The van der Waals surface area contributed by atoms with Crippen LogP contribution in [0, 0.1) is 22.5 Å². The van der Waals surface area contributed by atoms with Crippen molar-refractivity contribution < 1.29 is 9.34 Å². The fourth-order valence-electron chi connectivity index (χ4n) is 1.40. The second-order valence-corrected chi connectivity index (χ2v) is 3.28. The standard InChI is InChI=1S/C11H9N3O3/c1-2-3-7-12-11-13-10-8(14(15)16)5-4-6-9(10)17-11/h1,4-6H,3,7H2,(H,12,13). The van der Waals surface area contributed by atoms with Gasteiger partial charge in [0.05, 0.1) is 4.92 Å². The number of para-hydroxylation sites is 1. The molecule has 1 heterocycles. The minimum Gasteiger partial charge on any atom is -0.423 e. The third-order valence-electron chi connectivity index (χ3n) is 2.14. The first kappa shape index (κ1) is 11.0. The number of anilines is 1. The average molecular weight is 231 g/mol. The summed E-state index contributed by atoms with van der Waals surface area (Å²) < 4.78 is 5.31. The number of hydrogen-bond donors (Lipinski definition) is 1. The third-order valence-corrected chi connectivity index (χ3v) is 2.14. The van der Waals surface area contributed by atoms with Crippen LogP contribution in [-0.2, 0) is 0 Å². The number of nitro groups is 1. The zero-order valence-electron chi connectivity index (χ0n) is 8.84. The van der Waals surface area contributed by atoms with Crippen molar-refractivity contribution in [2.24, 2.45) is 0 Å². The molecule has 0 fully saturated rings. The first-order chi connectivity index (χ1) is 8.22. The smallest absolute Gasteiger partial charge is 0.298 e. The lowest BCUT2D eigenvalue weighted by atomic mass is 10.3. The molecular weight excluding hydrogens is 222 g/mol. The summed E-state index contributed by atoms with van der Waals surface area (Å²) in [6, 6.07) is 4.80. The Hall–Kier alpha value is -2.55. The van der Waals surface area contributed by atoms with Crippen molar-refractivity contribution in [3.63, 3.8) is 0 Å². The number of nitrogens with one attached hydrogen (secondary N) is 1. The van der Waals surface area contributed by atoms with Crippen molar-refractivity contribution >= 4 is 22.8 Å². The summed E-state index contributed by atoms with van der Waals surface area (Å²) in [5.74, 6) is 2.46. The van der Waals surface area contributed by atoms with Crippen molar-refractivity contribution in [1.82, 2.24) is 4.98 Å². The highest BCUT2D eigenvalue weighted by Crippen LogP contribution is 2.27. The van der Waals surface area contributed by atoms with E-state index in [4.69, 9.17) is 10.8 Å². The van der Waals surface area contributed by atoms with Crippen LogP contribution < -0.4 is 5.32 Å². The van der Waals surface area contributed by atoms with Crippen molar-refractivity contribution in [2.75, 3.05) is 11.9 Å². The minimum absolute atomic E-state index is 0.0729. The van der Waals surface area contributed by atoms with Gasteiger partial charge in [0, 0.05) is 19.0 Å². The van der Waals surface area contributed by atoms with Gasteiger partial charge in [-0.2, -0.15) is 4.98 Å². The lowest BCUT2D eigenvalue weighted by molar-refractivity contribution is -0.383.